The molecule has 182 valence electrons. The van der Waals surface area contributed by atoms with Crippen LogP contribution in [0.15, 0.2) is 84.1 Å². The molecule has 0 aliphatic carbocycles. The molecule has 1 aromatic heterocycles. The number of amides is 1. The van der Waals surface area contributed by atoms with Crippen molar-refractivity contribution in [3.63, 3.8) is 0 Å². The average molecular weight is 502 g/mol. The van der Waals surface area contributed by atoms with Crippen molar-refractivity contribution in [3.8, 4) is 22.9 Å². The van der Waals surface area contributed by atoms with Crippen LogP contribution < -0.4 is 20.1 Å². The molecule has 0 saturated carbocycles. The van der Waals surface area contributed by atoms with Gasteiger partial charge < -0.3 is 20.1 Å². The number of fused-ring (bicyclic) bond motifs is 1. The van der Waals surface area contributed by atoms with Crippen LogP contribution in [0.2, 0.25) is 5.02 Å². The van der Waals surface area contributed by atoms with Gasteiger partial charge >= 0.3 is 0 Å². The molecule has 1 aliphatic heterocycles. The summed E-state index contributed by atoms with van der Waals surface area (Å²) in [7, 11) is 3.18. The van der Waals surface area contributed by atoms with Crippen LogP contribution in [0.4, 0.5) is 11.6 Å². The SMILES string of the molecule is COc1cccc(-c2nc3n(n2)C(c2ccc(Cl)cc2)C(C(=O)Nc2ccccc2OC)=C(C)N3)c1. The molecule has 1 unspecified atom stereocenters. The lowest BCUT2D eigenvalue weighted by atomic mass is 9.95. The van der Waals surface area contributed by atoms with Crippen molar-refractivity contribution in [2.45, 2.75) is 13.0 Å². The van der Waals surface area contributed by atoms with Crippen LogP contribution >= 0.6 is 11.6 Å². The molecule has 1 amide bonds. The topological polar surface area (TPSA) is 90.3 Å². The molecule has 1 aliphatic rings. The molecule has 8 nitrogen and oxygen atoms in total. The largest absolute Gasteiger partial charge is 0.497 e. The number of rotatable bonds is 6. The number of carbonyl (C=O) groups is 1. The predicted octanol–water partition coefficient (Wildman–Crippen LogP) is 5.54. The first-order valence-electron chi connectivity index (χ1n) is 11.3. The third kappa shape index (κ3) is 4.38. The minimum Gasteiger partial charge on any atom is -0.497 e. The van der Waals surface area contributed by atoms with Gasteiger partial charge in [0.05, 0.1) is 25.5 Å². The molecule has 9 heteroatoms. The highest BCUT2D eigenvalue weighted by Gasteiger charge is 2.34. The lowest BCUT2D eigenvalue weighted by molar-refractivity contribution is -0.113. The highest BCUT2D eigenvalue weighted by Crippen LogP contribution is 2.38. The van der Waals surface area contributed by atoms with Gasteiger partial charge in [0.2, 0.25) is 5.95 Å². The zero-order valence-electron chi connectivity index (χ0n) is 19.9. The van der Waals surface area contributed by atoms with E-state index in [0.29, 0.717) is 45.3 Å². The smallest absolute Gasteiger partial charge is 0.255 e. The molecule has 0 radical (unpaired) electrons. The number of anilines is 2. The van der Waals surface area contributed by atoms with Crippen LogP contribution in [-0.2, 0) is 4.79 Å². The maximum atomic E-state index is 13.7. The van der Waals surface area contributed by atoms with E-state index in [1.807, 2.05) is 55.5 Å². The molecule has 3 aromatic carbocycles. The fourth-order valence-electron chi connectivity index (χ4n) is 4.22. The molecule has 0 saturated heterocycles. The van der Waals surface area contributed by atoms with Crippen LogP contribution in [0.5, 0.6) is 11.5 Å². The Morgan fingerprint density at radius 2 is 1.81 bits per heavy atom. The summed E-state index contributed by atoms with van der Waals surface area (Å²) in [5, 5.41) is 11.6. The molecular formula is C27H24ClN5O3. The fourth-order valence-corrected chi connectivity index (χ4v) is 4.35. The molecule has 4 aromatic rings. The van der Waals surface area contributed by atoms with Crippen LogP contribution in [0.3, 0.4) is 0 Å². The van der Waals surface area contributed by atoms with Crippen molar-refractivity contribution in [2.24, 2.45) is 0 Å². The van der Waals surface area contributed by atoms with Crippen LogP contribution in [0.25, 0.3) is 11.4 Å². The monoisotopic (exact) mass is 501 g/mol. The fraction of sp³-hybridized carbons (Fsp3) is 0.148. The number of halogens is 1. The molecule has 0 fully saturated rings. The Hall–Kier alpha value is -4.30. The molecule has 0 spiro atoms. The summed E-state index contributed by atoms with van der Waals surface area (Å²) >= 11 is 6.17. The third-order valence-electron chi connectivity index (χ3n) is 5.97. The number of para-hydroxylation sites is 2. The van der Waals surface area contributed by atoms with Crippen LogP contribution in [-0.4, -0.2) is 34.9 Å². The number of allylic oxidation sites excluding steroid dienone is 1. The van der Waals surface area contributed by atoms with Gasteiger partial charge in [0.15, 0.2) is 5.82 Å². The summed E-state index contributed by atoms with van der Waals surface area (Å²) in [5.41, 5.74) is 3.37. The maximum Gasteiger partial charge on any atom is 0.255 e. The summed E-state index contributed by atoms with van der Waals surface area (Å²) in [6.07, 6.45) is 0. The average Bonchev–Trinajstić information content (AvgIpc) is 3.32. The van der Waals surface area contributed by atoms with Crippen molar-refractivity contribution in [1.29, 1.82) is 0 Å². The van der Waals surface area contributed by atoms with Crippen LogP contribution in [0, 0.1) is 0 Å². The number of methoxy groups -OCH3 is 2. The number of aromatic nitrogens is 3. The first kappa shape index (κ1) is 23.4. The molecular weight excluding hydrogens is 478 g/mol. The second-order valence-electron chi connectivity index (χ2n) is 8.21. The number of ether oxygens (including phenoxy) is 2. The van der Waals surface area contributed by atoms with Crippen LogP contribution in [0.1, 0.15) is 18.5 Å². The lowest BCUT2D eigenvalue weighted by Gasteiger charge is -2.28. The van der Waals surface area contributed by atoms with Gasteiger partial charge in [-0.3, -0.25) is 4.79 Å². The van der Waals surface area contributed by atoms with Gasteiger partial charge in [-0.2, -0.15) is 4.98 Å². The summed E-state index contributed by atoms with van der Waals surface area (Å²) < 4.78 is 12.5. The van der Waals surface area contributed by atoms with Gasteiger partial charge in [-0.15, -0.1) is 5.10 Å². The third-order valence-corrected chi connectivity index (χ3v) is 6.22. The van der Waals surface area contributed by atoms with Gasteiger partial charge in [-0.05, 0) is 48.9 Å². The highest BCUT2D eigenvalue weighted by atomic mass is 35.5. The molecule has 2 N–H and O–H groups in total. The Labute approximate surface area is 213 Å². The maximum absolute atomic E-state index is 13.7. The Morgan fingerprint density at radius 1 is 1.03 bits per heavy atom. The summed E-state index contributed by atoms with van der Waals surface area (Å²) in [4.78, 5) is 18.4. The number of carbonyl (C=O) groups excluding carboxylic acids is 1. The highest BCUT2D eigenvalue weighted by molar-refractivity contribution is 6.30. The molecule has 1 atom stereocenters. The van der Waals surface area contributed by atoms with Crippen molar-refractivity contribution in [2.75, 3.05) is 24.9 Å². The van der Waals surface area contributed by atoms with Crippen molar-refractivity contribution < 1.29 is 14.3 Å². The van der Waals surface area contributed by atoms with Crippen molar-refractivity contribution in [1.82, 2.24) is 14.8 Å². The Morgan fingerprint density at radius 3 is 2.56 bits per heavy atom. The Balaban J connectivity index is 1.59. The van der Waals surface area contributed by atoms with Gasteiger partial charge in [0.1, 0.15) is 17.5 Å². The van der Waals surface area contributed by atoms with E-state index >= 15 is 0 Å². The second-order valence-corrected chi connectivity index (χ2v) is 8.64. The molecule has 5 rings (SSSR count). The van der Waals surface area contributed by atoms with Crippen molar-refractivity contribution in [3.05, 3.63) is 94.7 Å². The van der Waals surface area contributed by atoms with E-state index in [2.05, 4.69) is 10.6 Å². The minimum atomic E-state index is -0.542. The lowest BCUT2D eigenvalue weighted by Crippen LogP contribution is -2.31. The second kappa shape index (κ2) is 9.75. The van der Waals surface area contributed by atoms with E-state index in [-0.39, 0.29) is 5.91 Å². The number of hydrogen-bond acceptors (Lipinski definition) is 6. The summed E-state index contributed by atoms with van der Waals surface area (Å²) in [5.74, 6) is 2.02. The first-order valence-corrected chi connectivity index (χ1v) is 11.6. The van der Waals surface area contributed by atoms with Gasteiger partial charge in [-0.25, -0.2) is 4.68 Å². The Kier molecular flexibility index (Phi) is 6.35. The number of nitrogens with zero attached hydrogens (tertiary/aromatic N) is 3. The zero-order chi connectivity index (χ0) is 25.2. The van der Waals surface area contributed by atoms with Crippen molar-refractivity contribution >= 4 is 29.1 Å². The number of benzene rings is 3. The van der Waals surface area contributed by atoms with E-state index in [4.69, 9.17) is 31.2 Å². The van der Waals surface area contributed by atoms with E-state index < -0.39 is 6.04 Å². The summed E-state index contributed by atoms with van der Waals surface area (Å²) in [6, 6.07) is 21.6. The van der Waals surface area contributed by atoms with E-state index in [9.17, 15) is 4.79 Å². The standard InChI is InChI=1S/C27H24ClN5O3/c1-16-23(26(34)30-21-9-4-5-10-22(21)36-3)24(17-11-13-19(28)14-12-17)33-27(29-16)31-25(32-33)18-7-6-8-20(15-18)35-2/h4-15,24H,1-3H3,(H,30,34)(H,29,31,32). The molecule has 36 heavy (non-hydrogen) atoms. The van der Waals surface area contributed by atoms with Gasteiger partial charge in [-0.1, -0.05) is 48.0 Å². The number of hydrogen-bond donors (Lipinski definition) is 2. The predicted molar refractivity (Wildman–Crippen MR) is 140 cm³/mol. The Bertz CT molecular complexity index is 1460. The van der Waals surface area contributed by atoms with Gasteiger partial charge in [0.25, 0.3) is 5.91 Å². The van der Waals surface area contributed by atoms with Gasteiger partial charge in [0, 0.05) is 16.3 Å². The van der Waals surface area contributed by atoms with E-state index in [0.717, 1.165) is 11.1 Å². The van der Waals surface area contributed by atoms with E-state index in [1.165, 1.54) is 0 Å². The number of nitrogens with one attached hydrogen (secondary N) is 2. The zero-order valence-corrected chi connectivity index (χ0v) is 20.7. The van der Waals surface area contributed by atoms with E-state index in [1.54, 1.807) is 43.2 Å². The summed E-state index contributed by atoms with van der Waals surface area (Å²) in [6.45, 7) is 1.85. The first-order chi connectivity index (χ1) is 17.5. The molecule has 2 heterocycles. The normalized spacial score (nSPS) is 14.6. The molecule has 0 bridgehead atoms. The quantitative estimate of drug-likeness (QED) is 0.360. The minimum absolute atomic E-state index is 0.284.